The summed E-state index contributed by atoms with van der Waals surface area (Å²) in [6.45, 7) is 4.91. The van der Waals surface area contributed by atoms with Crippen molar-refractivity contribution in [1.82, 2.24) is 9.88 Å². The molecule has 3 N–H and O–H groups in total. The zero-order chi connectivity index (χ0) is 21.7. The summed E-state index contributed by atoms with van der Waals surface area (Å²) in [5.41, 5.74) is 8.10. The lowest BCUT2D eigenvalue weighted by atomic mass is 9.96. The van der Waals surface area contributed by atoms with Gasteiger partial charge in [0.15, 0.2) is 0 Å². The Kier molecular flexibility index (Phi) is 4.95. The highest BCUT2D eigenvalue weighted by Gasteiger charge is 2.28. The molecule has 0 amide bonds. The molecule has 1 saturated heterocycles. The Bertz CT molecular complexity index is 1300. The fourth-order valence-electron chi connectivity index (χ4n) is 4.62. The molecule has 0 spiro atoms. The van der Waals surface area contributed by atoms with Crippen LogP contribution in [0.5, 0.6) is 5.75 Å². The maximum absolute atomic E-state index is 13.4. The number of piperidine rings is 1. The van der Waals surface area contributed by atoms with Crippen LogP contribution in [-0.4, -0.2) is 27.1 Å². The first-order valence-corrected chi connectivity index (χ1v) is 11.4. The predicted octanol–water partition coefficient (Wildman–Crippen LogP) is 5.12. The van der Waals surface area contributed by atoms with Crippen molar-refractivity contribution in [1.29, 1.82) is 0 Å². The number of nitrogen functional groups attached to an aromatic ring is 1. The zero-order valence-electron chi connectivity index (χ0n) is 17.6. The normalized spacial score (nSPS) is 19.9. The van der Waals surface area contributed by atoms with Gasteiger partial charge in [-0.25, -0.2) is 4.98 Å². The molecule has 0 radical (unpaired) electrons. The summed E-state index contributed by atoms with van der Waals surface area (Å²) in [5, 5.41) is 11.6. The van der Waals surface area contributed by atoms with Gasteiger partial charge >= 0.3 is 0 Å². The number of likely N-dealkylation sites (tertiary alicyclic amines) is 1. The van der Waals surface area contributed by atoms with Gasteiger partial charge in [-0.3, -0.25) is 9.69 Å². The van der Waals surface area contributed by atoms with E-state index in [1.54, 1.807) is 12.1 Å². The van der Waals surface area contributed by atoms with Crippen molar-refractivity contribution in [3.63, 3.8) is 0 Å². The summed E-state index contributed by atoms with van der Waals surface area (Å²) in [4.78, 5) is 20.4. The van der Waals surface area contributed by atoms with Crippen molar-refractivity contribution in [2.45, 2.75) is 51.7 Å². The van der Waals surface area contributed by atoms with Gasteiger partial charge in [-0.05, 0) is 51.0 Å². The van der Waals surface area contributed by atoms with Crippen LogP contribution < -0.4 is 11.2 Å². The lowest BCUT2D eigenvalue weighted by Gasteiger charge is -2.39. The molecule has 2 aromatic heterocycles. The number of benzene rings is 2. The van der Waals surface area contributed by atoms with Gasteiger partial charge in [-0.15, -0.1) is 11.3 Å². The van der Waals surface area contributed by atoms with Crippen LogP contribution >= 0.6 is 11.3 Å². The third-order valence-corrected chi connectivity index (χ3v) is 7.44. The minimum atomic E-state index is -0.223. The molecular weight excluding hydrogens is 410 g/mol. The fourth-order valence-corrected chi connectivity index (χ4v) is 5.64. The molecule has 2 aromatic carbocycles. The topological polar surface area (TPSA) is 92.6 Å². The number of phenolic OH excluding ortho intramolecular Hbond substituents is 1. The second-order valence-corrected chi connectivity index (χ2v) is 9.43. The molecular formula is C24H25N3O3S. The molecule has 160 valence electrons. The van der Waals surface area contributed by atoms with Gasteiger partial charge < -0.3 is 15.3 Å². The van der Waals surface area contributed by atoms with Gasteiger partial charge in [-0.1, -0.05) is 18.6 Å². The van der Waals surface area contributed by atoms with Crippen molar-refractivity contribution in [2.24, 2.45) is 0 Å². The largest absolute Gasteiger partial charge is 0.507 e. The summed E-state index contributed by atoms with van der Waals surface area (Å²) in [6.07, 6.45) is 3.43. The number of anilines is 1. The van der Waals surface area contributed by atoms with Crippen LogP contribution in [0.3, 0.4) is 0 Å². The van der Waals surface area contributed by atoms with Crippen molar-refractivity contribution in [2.75, 3.05) is 5.73 Å². The molecule has 1 fully saturated rings. The third kappa shape index (κ3) is 3.38. The highest BCUT2D eigenvalue weighted by atomic mass is 32.1. The Morgan fingerprint density at radius 3 is 2.68 bits per heavy atom. The number of phenols is 1. The Labute approximate surface area is 183 Å². The number of aromatic nitrogens is 1. The molecule has 1 aliphatic rings. The van der Waals surface area contributed by atoms with Gasteiger partial charge in [-0.2, -0.15) is 0 Å². The lowest BCUT2D eigenvalue weighted by molar-refractivity contribution is 0.0945. The highest BCUT2D eigenvalue weighted by Crippen LogP contribution is 2.36. The Balaban J connectivity index is 1.66. The molecule has 5 rings (SSSR count). The van der Waals surface area contributed by atoms with Crippen LogP contribution in [0, 0.1) is 0 Å². The van der Waals surface area contributed by atoms with Gasteiger partial charge in [0.1, 0.15) is 21.9 Å². The van der Waals surface area contributed by atoms with Crippen LogP contribution in [0.4, 0.5) is 5.88 Å². The van der Waals surface area contributed by atoms with Gasteiger partial charge in [0.25, 0.3) is 0 Å². The molecule has 0 saturated carbocycles. The van der Waals surface area contributed by atoms with Gasteiger partial charge in [0.2, 0.25) is 11.3 Å². The molecule has 3 heterocycles. The first-order chi connectivity index (χ1) is 14.9. The van der Waals surface area contributed by atoms with Gasteiger partial charge in [0, 0.05) is 18.6 Å². The van der Waals surface area contributed by atoms with Crippen molar-refractivity contribution >= 4 is 38.4 Å². The molecule has 31 heavy (non-hydrogen) atoms. The number of aromatic hydroxyl groups is 1. The number of fused-ring (bicyclic) bond motifs is 2. The van der Waals surface area contributed by atoms with Crippen molar-refractivity contribution < 1.29 is 9.52 Å². The zero-order valence-corrected chi connectivity index (χ0v) is 18.4. The molecule has 0 bridgehead atoms. The summed E-state index contributed by atoms with van der Waals surface area (Å²) < 4.78 is 6.99. The number of nitrogens with zero attached hydrogens (tertiary/aromatic N) is 2. The highest BCUT2D eigenvalue weighted by molar-refractivity contribution is 7.21. The fraction of sp³-hybridized carbons (Fsp3) is 0.333. The minimum absolute atomic E-state index is 0.0307. The molecule has 2 unspecified atom stereocenters. The van der Waals surface area contributed by atoms with E-state index in [1.807, 2.05) is 24.3 Å². The van der Waals surface area contributed by atoms with E-state index in [1.165, 1.54) is 17.8 Å². The van der Waals surface area contributed by atoms with Crippen LogP contribution in [0.25, 0.3) is 31.8 Å². The van der Waals surface area contributed by atoms with E-state index in [2.05, 4.69) is 23.7 Å². The van der Waals surface area contributed by atoms with Crippen molar-refractivity contribution in [3.05, 3.63) is 52.2 Å². The molecule has 1 aliphatic heterocycles. The summed E-state index contributed by atoms with van der Waals surface area (Å²) in [5.74, 6) is 0.149. The first kappa shape index (κ1) is 20.0. The number of hydrogen-bond acceptors (Lipinski definition) is 7. The standard InChI is InChI=1S/C24H25N3O3S/c1-13-6-5-7-14(2)27(13)12-16-18(28)11-10-15-21(29)20(23(25)30-22(15)16)24-26-17-8-3-4-9-19(17)31-24/h3-4,8-11,13-14,28H,5-7,12,25H2,1-2H3. The predicted molar refractivity (Wildman–Crippen MR) is 125 cm³/mol. The summed E-state index contributed by atoms with van der Waals surface area (Å²) in [7, 11) is 0. The Morgan fingerprint density at radius 2 is 1.94 bits per heavy atom. The number of hydrogen-bond donors (Lipinski definition) is 2. The van der Waals surface area contributed by atoms with E-state index in [4.69, 9.17) is 10.2 Å². The van der Waals surface area contributed by atoms with E-state index < -0.39 is 0 Å². The first-order valence-electron chi connectivity index (χ1n) is 10.6. The van der Waals surface area contributed by atoms with Gasteiger partial charge in [0.05, 0.1) is 21.2 Å². The second kappa shape index (κ2) is 7.66. The number of rotatable bonds is 3. The monoisotopic (exact) mass is 435 g/mol. The summed E-state index contributed by atoms with van der Waals surface area (Å²) in [6, 6.07) is 11.7. The molecule has 6 nitrogen and oxygen atoms in total. The number of thiazole rings is 1. The van der Waals surface area contributed by atoms with E-state index in [9.17, 15) is 9.90 Å². The quantitative estimate of drug-likeness (QED) is 0.464. The summed E-state index contributed by atoms with van der Waals surface area (Å²) >= 11 is 1.41. The van der Waals surface area contributed by atoms with Crippen LogP contribution in [0.1, 0.15) is 38.7 Å². The molecule has 2 atom stereocenters. The van der Waals surface area contributed by atoms with Crippen LogP contribution in [0.2, 0.25) is 0 Å². The molecule has 0 aliphatic carbocycles. The van der Waals surface area contributed by atoms with E-state index in [-0.39, 0.29) is 22.6 Å². The Hall–Kier alpha value is -2.90. The average Bonchev–Trinajstić information content (AvgIpc) is 3.16. The van der Waals surface area contributed by atoms with E-state index >= 15 is 0 Å². The van der Waals surface area contributed by atoms with E-state index in [0.29, 0.717) is 40.2 Å². The van der Waals surface area contributed by atoms with Crippen LogP contribution in [-0.2, 0) is 6.54 Å². The number of nitrogens with two attached hydrogens (primary N) is 1. The lowest BCUT2D eigenvalue weighted by Crippen LogP contribution is -2.43. The molecule has 4 aromatic rings. The SMILES string of the molecule is CC1CCCC(C)N1Cc1c(O)ccc2c(=O)c(-c3nc4ccccc4s3)c(N)oc12. The second-order valence-electron chi connectivity index (χ2n) is 8.40. The number of para-hydroxylation sites is 1. The van der Waals surface area contributed by atoms with E-state index in [0.717, 1.165) is 23.1 Å². The molecule has 7 heteroatoms. The third-order valence-electron chi connectivity index (χ3n) is 6.39. The maximum atomic E-state index is 13.4. The Morgan fingerprint density at radius 1 is 1.19 bits per heavy atom. The van der Waals surface area contributed by atoms with Crippen molar-refractivity contribution in [3.8, 4) is 16.3 Å². The smallest absolute Gasteiger partial charge is 0.205 e. The average molecular weight is 436 g/mol. The maximum Gasteiger partial charge on any atom is 0.205 e. The minimum Gasteiger partial charge on any atom is -0.507 e. The van der Waals surface area contributed by atoms with Crippen LogP contribution in [0.15, 0.2) is 45.6 Å².